The van der Waals surface area contributed by atoms with Gasteiger partial charge in [0.05, 0.1) is 5.54 Å². The molecule has 2 aromatic rings. The fraction of sp³-hybridized carbons (Fsp3) is 0.357. The highest BCUT2D eigenvalue weighted by Crippen LogP contribution is 2.22. The van der Waals surface area contributed by atoms with Crippen LogP contribution in [0, 0.1) is 0 Å². The second-order valence-corrected chi connectivity index (χ2v) is 6.21. The minimum absolute atomic E-state index is 0.255. The van der Waals surface area contributed by atoms with Crippen molar-refractivity contribution in [2.75, 3.05) is 11.9 Å². The third kappa shape index (κ3) is 4.57. The third-order valence-corrected chi connectivity index (χ3v) is 4.08. The first-order valence-corrected chi connectivity index (χ1v) is 8.00. The fourth-order valence-corrected chi connectivity index (χ4v) is 2.32. The van der Waals surface area contributed by atoms with Crippen molar-refractivity contribution < 1.29 is 9.53 Å². The van der Waals surface area contributed by atoms with Crippen LogP contribution in [0.25, 0.3) is 0 Å². The van der Waals surface area contributed by atoms with Gasteiger partial charge >= 0.3 is 6.03 Å². The predicted molar refractivity (Wildman–Crippen MR) is 87.7 cm³/mol. The van der Waals surface area contributed by atoms with E-state index in [1.165, 1.54) is 11.3 Å². The van der Waals surface area contributed by atoms with Crippen LogP contribution in [0.2, 0.25) is 5.02 Å². The molecule has 8 heteroatoms. The number of amides is 2. The maximum absolute atomic E-state index is 12.0. The number of carbonyl (C=O) groups is 1. The average molecular weight is 341 g/mol. The van der Waals surface area contributed by atoms with Crippen molar-refractivity contribution in [3.05, 3.63) is 34.9 Å². The molecule has 2 rings (SSSR count). The minimum Gasteiger partial charge on any atom is -0.474 e. The molecule has 6 nitrogen and oxygen atoms in total. The number of urea groups is 1. The average Bonchev–Trinajstić information content (AvgIpc) is 2.99. The zero-order valence-electron chi connectivity index (χ0n) is 12.3. The molecule has 22 heavy (non-hydrogen) atoms. The van der Waals surface area contributed by atoms with Crippen LogP contribution in [0.3, 0.4) is 0 Å². The number of nitrogens with one attached hydrogen (secondary N) is 2. The lowest BCUT2D eigenvalue weighted by Gasteiger charge is -2.29. The number of hydrogen-bond acceptors (Lipinski definition) is 5. The number of thiazole rings is 1. The third-order valence-electron chi connectivity index (χ3n) is 3.10. The summed E-state index contributed by atoms with van der Waals surface area (Å²) in [5, 5.41) is 8.35. The van der Waals surface area contributed by atoms with Gasteiger partial charge in [-0.05, 0) is 25.5 Å². The molecule has 0 aliphatic rings. The summed E-state index contributed by atoms with van der Waals surface area (Å²) in [6.45, 7) is 4.11. The summed E-state index contributed by atoms with van der Waals surface area (Å²) >= 11 is 7.36. The number of rotatable bonds is 6. The lowest BCUT2D eigenvalue weighted by atomic mass is 10.0. The normalized spacial score (nSPS) is 13.2. The molecule has 0 saturated heterocycles. The highest BCUT2D eigenvalue weighted by atomic mass is 35.5. The smallest absolute Gasteiger partial charge is 0.321 e. The summed E-state index contributed by atoms with van der Waals surface area (Å²) < 4.78 is 5.63. The monoisotopic (exact) mass is 340 g/mol. The van der Waals surface area contributed by atoms with Crippen molar-refractivity contribution in [3.8, 4) is 5.88 Å². The molecule has 0 aliphatic heterocycles. The Labute approximate surface area is 137 Å². The van der Waals surface area contributed by atoms with E-state index >= 15 is 0 Å². The Balaban J connectivity index is 1.93. The molecule has 2 amide bonds. The number of carbonyl (C=O) groups excluding carboxylic acids is 1. The molecule has 1 atom stereocenters. The van der Waals surface area contributed by atoms with Gasteiger partial charge in [0.25, 0.3) is 0 Å². The van der Waals surface area contributed by atoms with Crippen molar-refractivity contribution >= 4 is 34.1 Å². The van der Waals surface area contributed by atoms with Gasteiger partial charge in [-0.2, -0.15) is 0 Å². The van der Waals surface area contributed by atoms with Crippen LogP contribution in [0.5, 0.6) is 5.88 Å². The van der Waals surface area contributed by atoms with Crippen molar-refractivity contribution in [1.29, 1.82) is 0 Å². The van der Waals surface area contributed by atoms with Gasteiger partial charge in [0.2, 0.25) is 5.88 Å². The van der Waals surface area contributed by atoms with E-state index in [1.807, 2.05) is 13.8 Å². The van der Waals surface area contributed by atoms with Crippen molar-refractivity contribution in [1.82, 2.24) is 15.3 Å². The summed E-state index contributed by atoms with van der Waals surface area (Å²) in [5.41, 5.74) is -0.553. The summed E-state index contributed by atoms with van der Waals surface area (Å²) in [4.78, 5) is 20.1. The number of anilines is 1. The first kappa shape index (κ1) is 16.5. The fourth-order valence-electron chi connectivity index (χ4n) is 1.62. The molecule has 0 aromatic carbocycles. The van der Waals surface area contributed by atoms with Gasteiger partial charge in [0.15, 0.2) is 5.13 Å². The van der Waals surface area contributed by atoms with E-state index in [0.717, 1.165) is 0 Å². The SMILES string of the molecule is CC[C@@](C)(COc1ncccc1Cl)NC(=O)Nc1nccs1. The van der Waals surface area contributed by atoms with Crippen LogP contribution in [0.15, 0.2) is 29.9 Å². The summed E-state index contributed by atoms with van der Waals surface area (Å²) in [5.74, 6) is 0.353. The molecule has 2 N–H and O–H groups in total. The second-order valence-electron chi connectivity index (χ2n) is 4.91. The molecule has 0 saturated carbocycles. The number of hydrogen-bond donors (Lipinski definition) is 2. The van der Waals surface area contributed by atoms with Gasteiger partial charge in [-0.3, -0.25) is 5.32 Å². The first-order valence-electron chi connectivity index (χ1n) is 6.74. The van der Waals surface area contributed by atoms with Crippen LogP contribution in [-0.2, 0) is 0 Å². The first-order chi connectivity index (χ1) is 10.5. The van der Waals surface area contributed by atoms with Crippen LogP contribution in [0.4, 0.5) is 9.93 Å². The highest BCUT2D eigenvalue weighted by molar-refractivity contribution is 7.13. The molecule has 0 spiro atoms. The molecule has 0 fully saturated rings. The van der Waals surface area contributed by atoms with Gasteiger partial charge in [-0.25, -0.2) is 14.8 Å². The largest absolute Gasteiger partial charge is 0.474 e. The summed E-state index contributed by atoms with van der Waals surface area (Å²) in [6.07, 6.45) is 3.92. The molecule has 0 aliphatic carbocycles. The van der Waals surface area contributed by atoms with Crippen molar-refractivity contribution in [2.24, 2.45) is 0 Å². The van der Waals surface area contributed by atoms with Gasteiger partial charge < -0.3 is 10.1 Å². The van der Waals surface area contributed by atoms with Crippen molar-refractivity contribution in [2.45, 2.75) is 25.8 Å². The van der Waals surface area contributed by atoms with Crippen LogP contribution >= 0.6 is 22.9 Å². The van der Waals surface area contributed by atoms with Gasteiger partial charge in [0.1, 0.15) is 11.6 Å². The molecule has 0 radical (unpaired) electrons. The standard InChI is InChI=1S/C14H17ClN4O2S/c1-3-14(2,9-21-11-10(15)5-4-6-16-11)19-12(20)18-13-17-7-8-22-13/h4-8H,3,9H2,1-2H3,(H2,17,18,19,20)/t14-/m0/s1. The second kappa shape index (κ2) is 7.42. The lowest BCUT2D eigenvalue weighted by molar-refractivity contribution is 0.183. The quantitative estimate of drug-likeness (QED) is 0.843. The number of pyridine rings is 1. The van der Waals surface area contributed by atoms with E-state index in [9.17, 15) is 4.79 Å². The van der Waals surface area contributed by atoms with Gasteiger partial charge in [-0.15, -0.1) is 11.3 Å². The Morgan fingerprint density at radius 1 is 1.45 bits per heavy atom. The Bertz CT molecular complexity index is 623. The molecular formula is C14H17ClN4O2S. The lowest BCUT2D eigenvalue weighted by Crippen LogP contribution is -2.51. The molecule has 2 heterocycles. The van der Waals surface area contributed by atoms with E-state index in [-0.39, 0.29) is 12.6 Å². The highest BCUT2D eigenvalue weighted by Gasteiger charge is 2.26. The number of nitrogens with zero attached hydrogens (tertiary/aromatic N) is 2. The maximum Gasteiger partial charge on any atom is 0.321 e. The Morgan fingerprint density at radius 2 is 2.27 bits per heavy atom. The Hall–Kier alpha value is -1.86. The minimum atomic E-state index is -0.553. The van der Waals surface area contributed by atoms with Crippen LogP contribution in [0.1, 0.15) is 20.3 Å². The zero-order valence-corrected chi connectivity index (χ0v) is 13.9. The molecular weight excluding hydrogens is 324 g/mol. The van der Waals surface area contributed by atoms with E-state index in [1.54, 1.807) is 29.9 Å². The zero-order chi connectivity index (χ0) is 16.0. The van der Waals surface area contributed by atoms with E-state index < -0.39 is 5.54 Å². The summed E-state index contributed by atoms with van der Waals surface area (Å²) in [6, 6.07) is 3.11. The number of ether oxygens (including phenoxy) is 1. The topological polar surface area (TPSA) is 76.1 Å². The van der Waals surface area contributed by atoms with Gasteiger partial charge in [0, 0.05) is 17.8 Å². The van der Waals surface area contributed by atoms with Crippen molar-refractivity contribution in [3.63, 3.8) is 0 Å². The van der Waals surface area contributed by atoms with E-state index in [2.05, 4.69) is 20.6 Å². The van der Waals surface area contributed by atoms with Gasteiger partial charge in [-0.1, -0.05) is 18.5 Å². The molecule has 118 valence electrons. The molecule has 0 bridgehead atoms. The Kier molecular flexibility index (Phi) is 5.57. The summed E-state index contributed by atoms with van der Waals surface area (Å²) in [7, 11) is 0. The molecule has 2 aromatic heterocycles. The number of aromatic nitrogens is 2. The Morgan fingerprint density at radius 3 is 2.91 bits per heavy atom. The van der Waals surface area contributed by atoms with Crippen LogP contribution in [-0.4, -0.2) is 28.1 Å². The maximum atomic E-state index is 12.0. The van der Waals surface area contributed by atoms with E-state index in [0.29, 0.717) is 22.5 Å². The predicted octanol–water partition coefficient (Wildman–Crippen LogP) is 3.56. The van der Waals surface area contributed by atoms with Crippen LogP contribution < -0.4 is 15.4 Å². The molecule has 0 unspecified atom stereocenters. The number of halogens is 1. The van der Waals surface area contributed by atoms with E-state index in [4.69, 9.17) is 16.3 Å².